The van der Waals surface area contributed by atoms with E-state index in [2.05, 4.69) is 42.4 Å². The minimum atomic E-state index is 0.325. The Hall–Kier alpha value is -0.160. The molecule has 3 fully saturated rings. The van der Waals surface area contributed by atoms with Gasteiger partial charge in [0.2, 0.25) is 0 Å². The molecule has 4 nitrogen and oxygen atoms in total. The van der Waals surface area contributed by atoms with Gasteiger partial charge in [-0.15, -0.1) is 0 Å². The molecule has 1 N–H and O–H groups in total. The SMILES string of the molecule is CC(C)C1CCC(N2CCN(C3CCN(C(C)C)CC3)C[C@@H]2CO)CC1. The van der Waals surface area contributed by atoms with E-state index in [1.807, 2.05) is 0 Å². The first kappa shape index (κ1) is 20.6. The van der Waals surface area contributed by atoms with E-state index in [1.165, 1.54) is 58.2 Å². The van der Waals surface area contributed by atoms with Crippen LogP contribution in [0.3, 0.4) is 0 Å². The Balaban J connectivity index is 1.50. The Morgan fingerprint density at radius 3 is 2.00 bits per heavy atom. The molecule has 0 aromatic carbocycles. The maximum absolute atomic E-state index is 10.1. The summed E-state index contributed by atoms with van der Waals surface area (Å²) in [4.78, 5) is 7.99. The van der Waals surface area contributed by atoms with Gasteiger partial charge in [0.15, 0.2) is 0 Å². The summed E-state index contributed by atoms with van der Waals surface area (Å²) in [6, 6.07) is 2.48. The Morgan fingerprint density at radius 1 is 0.808 bits per heavy atom. The second-order valence-electron chi connectivity index (χ2n) is 9.74. The Bertz CT molecular complexity index is 412. The van der Waals surface area contributed by atoms with Crippen LogP contribution >= 0.6 is 0 Å². The summed E-state index contributed by atoms with van der Waals surface area (Å²) in [5.74, 6) is 1.75. The number of rotatable bonds is 5. The molecular weight excluding hydrogens is 322 g/mol. The van der Waals surface area contributed by atoms with Crippen LogP contribution in [0.15, 0.2) is 0 Å². The highest BCUT2D eigenvalue weighted by atomic mass is 16.3. The van der Waals surface area contributed by atoms with Crippen LogP contribution in [0.2, 0.25) is 0 Å². The molecule has 4 heteroatoms. The van der Waals surface area contributed by atoms with Crippen LogP contribution in [0.4, 0.5) is 0 Å². The highest BCUT2D eigenvalue weighted by molar-refractivity contribution is 4.92. The average Bonchev–Trinajstić information content (AvgIpc) is 2.67. The van der Waals surface area contributed by atoms with Crippen LogP contribution in [0.5, 0.6) is 0 Å². The van der Waals surface area contributed by atoms with Gasteiger partial charge in [-0.2, -0.15) is 0 Å². The molecule has 2 heterocycles. The van der Waals surface area contributed by atoms with Crippen molar-refractivity contribution in [2.24, 2.45) is 11.8 Å². The van der Waals surface area contributed by atoms with Gasteiger partial charge in [-0.05, 0) is 77.3 Å². The minimum Gasteiger partial charge on any atom is -0.395 e. The molecule has 0 radical (unpaired) electrons. The summed E-state index contributed by atoms with van der Waals surface area (Å²) in [6.45, 7) is 15.6. The monoisotopic (exact) mass is 365 g/mol. The summed E-state index contributed by atoms with van der Waals surface area (Å²) >= 11 is 0. The van der Waals surface area contributed by atoms with Gasteiger partial charge in [-0.1, -0.05) is 13.8 Å². The number of hydrogen-bond acceptors (Lipinski definition) is 4. The summed E-state index contributed by atoms with van der Waals surface area (Å²) in [5.41, 5.74) is 0. The third kappa shape index (κ3) is 4.81. The third-order valence-corrected chi connectivity index (χ3v) is 7.67. The van der Waals surface area contributed by atoms with Gasteiger partial charge in [0.1, 0.15) is 0 Å². The fourth-order valence-corrected chi connectivity index (χ4v) is 5.74. The number of likely N-dealkylation sites (tertiary alicyclic amines) is 1. The summed E-state index contributed by atoms with van der Waals surface area (Å²) in [6.07, 6.45) is 8.05. The van der Waals surface area contributed by atoms with Crippen LogP contribution in [0.1, 0.15) is 66.2 Å². The van der Waals surface area contributed by atoms with E-state index in [0.717, 1.165) is 31.0 Å². The highest BCUT2D eigenvalue weighted by Gasteiger charge is 2.36. The normalized spacial score (nSPS) is 34.0. The van der Waals surface area contributed by atoms with Crippen molar-refractivity contribution in [1.82, 2.24) is 14.7 Å². The predicted molar refractivity (Wildman–Crippen MR) is 109 cm³/mol. The van der Waals surface area contributed by atoms with E-state index < -0.39 is 0 Å². The fourth-order valence-electron chi connectivity index (χ4n) is 5.74. The largest absolute Gasteiger partial charge is 0.395 e. The van der Waals surface area contributed by atoms with Gasteiger partial charge in [0.05, 0.1) is 6.61 Å². The standard InChI is InChI=1S/C22H43N3O/c1-17(2)19-5-7-21(8-6-19)25-14-13-24(15-22(25)16-26)20-9-11-23(12-10-20)18(3)4/h17-22,26H,5-16H2,1-4H3/t19?,21?,22-/m1/s1. The third-order valence-electron chi connectivity index (χ3n) is 7.67. The summed E-state index contributed by atoms with van der Waals surface area (Å²) < 4.78 is 0. The van der Waals surface area contributed by atoms with Crippen molar-refractivity contribution in [3.05, 3.63) is 0 Å². The second-order valence-corrected chi connectivity index (χ2v) is 9.74. The lowest BCUT2D eigenvalue weighted by Crippen LogP contribution is -2.61. The van der Waals surface area contributed by atoms with E-state index in [4.69, 9.17) is 0 Å². The minimum absolute atomic E-state index is 0.325. The molecule has 1 saturated carbocycles. The zero-order chi connectivity index (χ0) is 18.7. The highest BCUT2D eigenvalue weighted by Crippen LogP contribution is 2.34. The molecule has 2 saturated heterocycles. The van der Waals surface area contributed by atoms with Crippen LogP contribution in [0, 0.1) is 11.8 Å². The number of aliphatic hydroxyl groups excluding tert-OH is 1. The lowest BCUT2D eigenvalue weighted by atomic mass is 9.79. The molecule has 1 atom stereocenters. The van der Waals surface area contributed by atoms with Gasteiger partial charge in [-0.3, -0.25) is 9.80 Å². The average molecular weight is 366 g/mol. The molecular formula is C22H43N3O. The fraction of sp³-hybridized carbons (Fsp3) is 1.00. The molecule has 0 aromatic rings. The smallest absolute Gasteiger partial charge is 0.0599 e. The summed E-state index contributed by atoms with van der Waals surface area (Å²) in [7, 11) is 0. The maximum Gasteiger partial charge on any atom is 0.0599 e. The number of aliphatic hydroxyl groups is 1. The molecule has 3 aliphatic rings. The Morgan fingerprint density at radius 2 is 1.46 bits per heavy atom. The molecule has 152 valence electrons. The van der Waals surface area contributed by atoms with Crippen LogP contribution < -0.4 is 0 Å². The van der Waals surface area contributed by atoms with Gasteiger partial charge in [0.25, 0.3) is 0 Å². The van der Waals surface area contributed by atoms with E-state index in [9.17, 15) is 5.11 Å². The molecule has 0 unspecified atom stereocenters. The van der Waals surface area contributed by atoms with E-state index in [-0.39, 0.29) is 0 Å². The predicted octanol–water partition coefficient (Wildman–Crippen LogP) is 3.05. The molecule has 0 bridgehead atoms. The lowest BCUT2D eigenvalue weighted by Gasteiger charge is -2.50. The molecule has 1 aliphatic carbocycles. The van der Waals surface area contributed by atoms with Crippen LogP contribution in [-0.2, 0) is 0 Å². The Kier molecular flexibility index (Phi) is 7.40. The molecule has 26 heavy (non-hydrogen) atoms. The molecule has 2 aliphatic heterocycles. The number of piperazine rings is 1. The van der Waals surface area contributed by atoms with E-state index in [1.54, 1.807) is 0 Å². The number of nitrogens with zero attached hydrogens (tertiary/aromatic N) is 3. The number of hydrogen-bond donors (Lipinski definition) is 1. The van der Waals surface area contributed by atoms with Gasteiger partial charge in [-0.25, -0.2) is 0 Å². The van der Waals surface area contributed by atoms with Crippen molar-refractivity contribution >= 4 is 0 Å². The van der Waals surface area contributed by atoms with Crippen molar-refractivity contribution in [1.29, 1.82) is 0 Å². The number of piperidine rings is 1. The maximum atomic E-state index is 10.1. The van der Waals surface area contributed by atoms with E-state index in [0.29, 0.717) is 24.7 Å². The van der Waals surface area contributed by atoms with Gasteiger partial charge in [0, 0.05) is 43.8 Å². The van der Waals surface area contributed by atoms with Crippen LogP contribution in [0.25, 0.3) is 0 Å². The molecule has 0 amide bonds. The first-order chi connectivity index (χ1) is 12.5. The zero-order valence-electron chi connectivity index (χ0n) is 17.7. The van der Waals surface area contributed by atoms with Crippen LogP contribution in [-0.4, -0.2) is 83.3 Å². The first-order valence-electron chi connectivity index (χ1n) is 11.3. The summed E-state index contributed by atoms with van der Waals surface area (Å²) in [5, 5.41) is 10.1. The topological polar surface area (TPSA) is 30.0 Å². The first-order valence-corrected chi connectivity index (χ1v) is 11.3. The van der Waals surface area contributed by atoms with Crippen molar-refractivity contribution in [3.8, 4) is 0 Å². The molecule has 0 spiro atoms. The van der Waals surface area contributed by atoms with Crippen molar-refractivity contribution in [2.45, 2.75) is 90.4 Å². The quantitative estimate of drug-likeness (QED) is 0.811. The lowest BCUT2D eigenvalue weighted by molar-refractivity contribution is -0.0283. The molecule has 3 rings (SSSR count). The van der Waals surface area contributed by atoms with Crippen molar-refractivity contribution in [3.63, 3.8) is 0 Å². The Labute approximate surface area is 161 Å². The van der Waals surface area contributed by atoms with Gasteiger partial charge < -0.3 is 10.0 Å². The molecule has 0 aromatic heterocycles. The van der Waals surface area contributed by atoms with Gasteiger partial charge >= 0.3 is 0 Å². The van der Waals surface area contributed by atoms with Crippen molar-refractivity contribution < 1.29 is 5.11 Å². The second kappa shape index (κ2) is 9.36. The van der Waals surface area contributed by atoms with Crippen molar-refractivity contribution in [2.75, 3.05) is 39.3 Å². The van der Waals surface area contributed by atoms with E-state index >= 15 is 0 Å². The zero-order valence-corrected chi connectivity index (χ0v) is 17.7.